The third kappa shape index (κ3) is 5.75. The largest absolute Gasteiger partial charge is 0.361 e. The summed E-state index contributed by atoms with van der Waals surface area (Å²) in [5.41, 5.74) is 1.98. The predicted molar refractivity (Wildman–Crippen MR) is 104 cm³/mol. The van der Waals surface area contributed by atoms with Crippen molar-refractivity contribution < 1.29 is 9.18 Å². The average molecular weight is 361 g/mol. The Labute approximate surface area is 153 Å². The molecular formula is C19H28FN5O. The fraction of sp³-hybridized carbons (Fsp3) is 0.474. The molecule has 4 N–H and O–H groups in total. The number of aliphatic imine (C=N–C) groups is 1. The van der Waals surface area contributed by atoms with E-state index in [9.17, 15) is 9.18 Å². The van der Waals surface area contributed by atoms with E-state index in [-0.39, 0.29) is 17.8 Å². The molecule has 0 spiro atoms. The Morgan fingerprint density at radius 1 is 1.31 bits per heavy atom. The number of halogens is 1. The molecule has 2 rings (SSSR count). The van der Waals surface area contributed by atoms with Crippen LogP contribution in [0, 0.1) is 5.82 Å². The molecule has 1 amide bonds. The summed E-state index contributed by atoms with van der Waals surface area (Å²) in [7, 11) is 1.69. The highest BCUT2D eigenvalue weighted by Gasteiger charge is 2.07. The zero-order chi connectivity index (χ0) is 18.9. The molecule has 1 atom stereocenters. The molecular weight excluding hydrogens is 333 g/mol. The van der Waals surface area contributed by atoms with Crippen LogP contribution in [0.3, 0.4) is 0 Å². The summed E-state index contributed by atoms with van der Waals surface area (Å²) in [6, 6.07) is 4.93. The maximum absolute atomic E-state index is 13.4. The fourth-order valence-electron chi connectivity index (χ4n) is 2.64. The molecule has 0 fully saturated rings. The first-order chi connectivity index (χ1) is 12.5. The van der Waals surface area contributed by atoms with Crippen LogP contribution in [-0.2, 0) is 11.2 Å². The van der Waals surface area contributed by atoms with E-state index in [1.807, 2.05) is 20.0 Å². The lowest BCUT2D eigenvalue weighted by Crippen LogP contribution is -2.41. The SMILES string of the molecule is CCC(C)NC(=O)CCNC(=NC)NCCc1c[nH]c2ccc(F)cc12. The van der Waals surface area contributed by atoms with Gasteiger partial charge in [-0.2, -0.15) is 0 Å². The number of hydrogen-bond acceptors (Lipinski definition) is 2. The second-order valence-corrected chi connectivity index (χ2v) is 6.31. The number of carbonyl (C=O) groups excluding carboxylic acids is 1. The summed E-state index contributed by atoms with van der Waals surface area (Å²) in [5, 5.41) is 10.2. The molecule has 1 heterocycles. The molecule has 2 aromatic rings. The first-order valence-corrected chi connectivity index (χ1v) is 9.02. The fourth-order valence-corrected chi connectivity index (χ4v) is 2.64. The van der Waals surface area contributed by atoms with Crippen molar-refractivity contribution in [2.75, 3.05) is 20.1 Å². The van der Waals surface area contributed by atoms with E-state index in [1.54, 1.807) is 19.2 Å². The minimum atomic E-state index is -0.237. The van der Waals surface area contributed by atoms with Gasteiger partial charge in [-0.3, -0.25) is 9.79 Å². The number of hydrogen-bond donors (Lipinski definition) is 4. The van der Waals surface area contributed by atoms with Crippen LogP contribution in [0.25, 0.3) is 10.9 Å². The molecule has 1 aromatic carbocycles. The van der Waals surface area contributed by atoms with E-state index in [0.29, 0.717) is 25.5 Å². The lowest BCUT2D eigenvalue weighted by Gasteiger charge is -2.13. The molecule has 0 bridgehead atoms. The second kappa shape index (κ2) is 9.79. The van der Waals surface area contributed by atoms with Gasteiger partial charge < -0.3 is 20.9 Å². The molecule has 7 heteroatoms. The van der Waals surface area contributed by atoms with Crippen LogP contribution in [0.5, 0.6) is 0 Å². The minimum Gasteiger partial charge on any atom is -0.361 e. The van der Waals surface area contributed by atoms with Gasteiger partial charge >= 0.3 is 0 Å². The lowest BCUT2D eigenvalue weighted by molar-refractivity contribution is -0.121. The molecule has 6 nitrogen and oxygen atoms in total. The van der Waals surface area contributed by atoms with Gasteiger partial charge in [0.1, 0.15) is 5.82 Å². The van der Waals surface area contributed by atoms with Gasteiger partial charge in [0.05, 0.1) is 0 Å². The third-order valence-electron chi connectivity index (χ3n) is 4.30. The number of nitrogens with zero attached hydrogens (tertiary/aromatic N) is 1. The normalized spacial score (nSPS) is 12.8. The highest BCUT2D eigenvalue weighted by Crippen LogP contribution is 2.19. The Morgan fingerprint density at radius 3 is 2.81 bits per heavy atom. The number of H-pyrrole nitrogens is 1. The Bertz CT molecular complexity index is 755. The van der Waals surface area contributed by atoms with E-state index in [2.05, 4.69) is 25.9 Å². The molecule has 1 unspecified atom stereocenters. The predicted octanol–water partition coefficient (Wildman–Crippen LogP) is 2.32. The van der Waals surface area contributed by atoms with Crippen LogP contribution in [0.4, 0.5) is 4.39 Å². The maximum Gasteiger partial charge on any atom is 0.221 e. The summed E-state index contributed by atoms with van der Waals surface area (Å²) < 4.78 is 13.4. The van der Waals surface area contributed by atoms with Gasteiger partial charge in [0, 0.05) is 49.7 Å². The molecule has 0 aliphatic carbocycles. The van der Waals surface area contributed by atoms with Crippen molar-refractivity contribution in [2.45, 2.75) is 39.2 Å². The lowest BCUT2D eigenvalue weighted by atomic mass is 10.1. The van der Waals surface area contributed by atoms with Crippen molar-refractivity contribution in [3.63, 3.8) is 0 Å². The van der Waals surface area contributed by atoms with Crippen LogP contribution >= 0.6 is 0 Å². The van der Waals surface area contributed by atoms with Crippen molar-refractivity contribution in [2.24, 2.45) is 4.99 Å². The number of nitrogens with one attached hydrogen (secondary N) is 4. The van der Waals surface area contributed by atoms with Gasteiger partial charge in [-0.25, -0.2) is 4.39 Å². The molecule has 1 aromatic heterocycles. The maximum atomic E-state index is 13.4. The molecule has 26 heavy (non-hydrogen) atoms. The smallest absolute Gasteiger partial charge is 0.221 e. The van der Waals surface area contributed by atoms with Crippen molar-refractivity contribution in [3.05, 3.63) is 35.8 Å². The number of rotatable bonds is 8. The van der Waals surface area contributed by atoms with E-state index >= 15 is 0 Å². The van der Waals surface area contributed by atoms with Gasteiger partial charge in [-0.1, -0.05) is 6.92 Å². The summed E-state index contributed by atoms with van der Waals surface area (Å²) in [6.45, 7) is 5.20. The molecule has 0 aliphatic rings. The minimum absolute atomic E-state index is 0.0307. The van der Waals surface area contributed by atoms with Gasteiger partial charge in [-0.15, -0.1) is 0 Å². The van der Waals surface area contributed by atoms with Crippen LogP contribution in [0.1, 0.15) is 32.3 Å². The Balaban J connectivity index is 1.75. The van der Waals surface area contributed by atoms with E-state index in [1.165, 1.54) is 6.07 Å². The monoisotopic (exact) mass is 361 g/mol. The van der Waals surface area contributed by atoms with E-state index < -0.39 is 0 Å². The van der Waals surface area contributed by atoms with Gasteiger partial charge in [-0.05, 0) is 43.5 Å². The van der Waals surface area contributed by atoms with Crippen LogP contribution < -0.4 is 16.0 Å². The summed E-state index contributed by atoms with van der Waals surface area (Å²) in [4.78, 5) is 19.1. The van der Waals surface area contributed by atoms with Gasteiger partial charge in [0.15, 0.2) is 5.96 Å². The van der Waals surface area contributed by atoms with E-state index in [0.717, 1.165) is 29.3 Å². The van der Waals surface area contributed by atoms with Crippen molar-refractivity contribution in [1.82, 2.24) is 20.9 Å². The summed E-state index contributed by atoms with van der Waals surface area (Å²) in [6.07, 6.45) is 3.95. The van der Waals surface area contributed by atoms with Crippen LogP contribution in [-0.4, -0.2) is 43.0 Å². The topological polar surface area (TPSA) is 81.3 Å². The molecule has 0 radical (unpaired) electrons. The van der Waals surface area contributed by atoms with Crippen molar-refractivity contribution in [1.29, 1.82) is 0 Å². The Hall–Kier alpha value is -2.57. The van der Waals surface area contributed by atoms with Crippen molar-refractivity contribution in [3.8, 4) is 0 Å². The number of aromatic amines is 1. The zero-order valence-electron chi connectivity index (χ0n) is 15.7. The molecule has 142 valence electrons. The average Bonchev–Trinajstić information content (AvgIpc) is 3.02. The Morgan fingerprint density at radius 2 is 2.08 bits per heavy atom. The summed E-state index contributed by atoms with van der Waals surface area (Å²) >= 11 is 0. The standard InChI is InChI=1S/C19H28FN5O/c1-4-13(2)25-18(26)8-10-23-19(21-3)22-9-7-14-12-24-17-6-5-15(20)11-16(14)17/h5-6,11-13,24H,4,7-10H2,1-3H3,(H,25,26)(H2,21,22,23). The van der Waals surface area contributed by atoms with Gasteiger partial charge in [0.25, 0.3) is 0 Å². The number of guanidine groups is 1. The van der Waals surface area contributed by atoms with Crippen LogP contribution in [0.15, 0.2) is 29.4 Å². The summed E-state index contributed by atoms with van der Waals surface area (Å²) in [5.74, 6) is 0.440. The van der Waals surface area contributed by atoms with Crippen molar-refractivity contribution >= 4 is 22.8 Å². The first kappa shape index (κ1) is 19.8. The number of fused-ring (bicyclic) bond motifs is 1. The third-order valence-corrected chi connectivity index (χ3v) is 4.30. The molecule has 0 aliphatic heterocycles. The van der Waals surface area contributed by atoms with Gasteiger partial charge in [0.2, 0.25) is 5.91 Å². The second-order valence-electron chi connectivity index (χ2n) is 6.31. The van der Waals surface area contributed by atoms with E-state index in [4.69, 9.17) is 0 Å². The number of amides is 1. The zero-order valence-corrected chi connectivity index (χ0v) is 15.7. The highest BCUT2D eigenvalue weighted by molar-refractivity contribution is 5.84. The molecule has 0 saturated carbocycles. The molecule has 0 saturated heterocycles. The highest BCUT2D eigenvalue weighted by atomic mass is 19.1. The number of aromatic nitrogens is 1. The number of carbonyl (C=O) groups is 1. The number of benzene rings is 1. The Kier molecular flexibility index (Phi) is 7.44. The quantitative estimate of drug-likeness (QED) is 0.430. The van der Waals surface area contributed by atoms with Crippen LogP contribution in [0.2, 0.25) is 0 Å². The first-order valence-electron chi connectivity index (χ1n) is 9.02.